The molecule has 0 spiro atoms. The second-order valence-corrected chi connectivity index (χ2v) is 7.46. The Hall–Kier alpha value is -2.47. The van der Waals surface area contributed by atoms with Gasteiger partial charge in [-0.1, -0.05) is 50.2 Å². The highest BCUT2D eigenvalue weighted by molar-refractivity contribution is 5.93. The van der Waals surface area contributed by atoms with Crippen molar-refractivity contribution < 1.29 is 18.3 Å². The Labute approximate surface area is 164 Å². The molecule has 0 saturated heterocycles. The Morgan fingerprint density at radius 1 is 1.14 bits per heavy atom. The average Bonchev–Trinajstić information content (AvgIpc) is 3.48. The molecule has 3 rings (SSSR count). The number of alkyl halides is 2. The fraction of sp³-hybridized carbons (Fsp3) is 0.409. The van der Waals surface area contributed by atoms with Gasteiger partial charge in [-0.3, -0.25) is 9.69 Å². The van der Waals surface area contributed by atoms with E-state index in [4.69, 9.17) is 0 Å². The van der Waals surface area contributed by atoms with Crippen molar-refractivity contribution in [2.45, 2.75) is 51.8 Å². The largest absolute Gasteiger partial charge is 0.433 e. The number of halogens is 2. The Kier molecular flexibility index (Phi) is 6.62. The molecule has 1 aliphatic rings. The van der Waals surface area contributed by atoms with Crippen molar-refractivity contribution in [3.05, 3.63) is 59.7 Å². The second-order valence-electron chi connectivity index (χ2n) is 7.46. The van der Waals surface area contributed by atoms with Crippen LogP contribution < -0.4 is 10.1 Å². The minimum absolute atomic E-state index is 0.0342. The van der Waals surface area contributed by atoms with Gasteiger partial charge in [-0.15, -0.1) is 0 Å². The molecule has 1 N–H and O–H groups in total. The third-order valence-electron chi connectivity index (χ3n) is 4.82. The van der Waals surface area contributed by atoms with Crippen LogP contribution >= 0.6 is 0 Å². The molecule has 0 atom stereocenters. The first-order valence-corrected chi connectivity index (χ1v) is 9.59. The fourth-order valence-electron chi connectivity index (χ4n) is 3.14. The van der Waals surface area contributed by atoms with Crippen LogP contribution in [0.4, 0.5) is 14.5 Å². The number of nitrogens with zero attached hydrogens (tertiary/aromatic N) is 1. The Balaban J connectivity index is 1.62. The van der Waals surface area contributed by atoms with E-state index in [0.717, 1.165) is 18.4 Å². The van der Waals surface area contributed by atoms with E-state index in [1.54, 1.807) is 18.2 Å². The summed E-state index contributed by atoms with van der Waals surface area (Å²) in [6, 6.07) is 15.1. The van der Waals surface area contributed by atoms with Gasteiger partial charge in [0.1, 0.15) is 5.75 Å². The number of benzene rings is 2. The lowest BCUT2D eigenvalue weighted by atomic mass is 10.0. The lowest BCUT2D eigenvalue weighted by Gasteiger charge is -2.22. The topological polar surface area (TPSA) is 41.6 Å². The average molecular weight is 388 g/mol. The molecule has 2 aromatic carbocycles. The summed E-state index contributed by atoms with van der Waals surface area (Å²) in [4.78, 5) is 14.7. The Morgan fingerprint density at radius 3 is 2.43 bits per heavy atom. The molecule has 4 nitrogen and oxygen atoms in total. The summed E-state index contributed by atoms with van der Waals surface area (Å²) >= 11 is 0. The predicted octanol–water partition coefficient (Wildman–Crippen LogP) is 5.01. The zero-order valence-corrected chi connectivity index (χ0v) is 16.2. The Bertz CT molecular complexity index is 789. The van der Waals surface area contributed by atoms with Crippen molar-refractivity contribution >= 4 is 11.6 Å². The first-order valence-electron chi connectivity index (χ1n) is 9.59. The van der Waals surface area contributed by atoms with Crippen LogP contribution in [0.25, 0.3) is 0 Å². The molecular weight excluding hydrogens is 362 g/mol. The van der Waals surface area contributed by atoms with Gasteiger partial charge < -0.3 is 10.1 Å². The molecule has 0 unspecified atom stereocenters. The van der Waals surface area contributed by atoms with Crippen LogP contribution in [0.3, 0.4) is 0 Å². The maximum atomic E-state index is 12.5. The van der Waals surface area contributed by atoms with Gasteiger partial charge >= 0.3 is 6.61 Å². The monoisotopic (exact) mass is 388 g/mol. The number of rotatable bonds is 9. The summed E-state index contributed by atoms with van der Waals surface area (Å²) in [5.74, 6) is 0.207. The van der Waals surface area contributed by atoms with Crippen molar-refractivity contribution in [1.29, 1.82) is 0 Å². The third kappa shape index (κ3) is 5.76. The number of hydrogen-bond donors (Lipinski definition) is 1. The lowest BCUT2D eigenvalue weighted by molar-refractivity contribution is -0.117. The Morgan fingerprint density at radius 2 is 1.82 bits per heavy atom. The van der Waals surface area contributed by atoms with Crippen LogP contribution in [0.5, 0.6) is 5.75 Å². The van der Waals surface area contributed by atoms with Crippen molar-refractivity contribution in [2.75, 3.05) is 11.9 Å². The predicted molar refractivity (Wildman–Crippen MR) is 106 cm³/mol. The molecule has 0 heterocycles. The van der Waals surface area contributed by atoms with E-state index in [9.17, 15) is 13.6 Å². The number of carbonyl (C=O) groups is 1. The van der Waals surface area contributed by atoms with Crippen LogP contribution in [0.15, 0.2) is 48.5 Å². The summed E-state index contributed by atoms with van der Waals surface area (Å²) in [5.41, 5.74) is 2.70. The van der Waals surface area contributed by atoms with Gasteiger partial charge in [-0.25, -0.2) is 0 Å². The normalized spacial score (nSPS) is 14.0. The molecule has 0 aliphatic heterocycles. The summed E-state index contributed by atoms with van der Waals surface area (Å²) in [6.07, 6.45) is 2.14. The number of ether oxygens (including phenoxy) is 1. The molecule has 28 heavy (non-hydrogen) atoms. The molecule has 2 aromatic rings. The molecule has 1 amide bonds. The first kappa shape index (κ1) is 20.3. The van der Waals surface area contributed by atoms with E-state index in [0.29, 0.717) is 18.5 Å². The summed E-state index contributed by atoms with van der Waals surface area (Å²) < 4.78 is 29.6. The van der Waals surface area contributed by atoms with E-state index in [1.165, 1.54) is 11.6 Å². The van der Waals surface area contributed by atoms with Crippen LogP contribution in [0.1, 0.15) is 43.7 Å². The van der Waals surface area contributed by atoms with E-state index in [2.05, 4.69) is 53.1 Å². The SMILES string of the molecule is CC(C)c1ccc(CN(CC(=O)Nc2ccccc2OC(F)F)C2CC2)cc1. The summed E-state index contributed by atoms with van der Waals surface area (Å²) in [7, 11) is 0. The summed E-state index contributed by atoms with van der Waals surface area (Å²) in [6.45, 7) is 2.28. The van der Waals surface area contributed by atoms with Crippen LogP contribution in [0.2, 0.25) is 0 Å². The smallest absolute Gasteiger partial charge is 0.387 e. The standard InChI is InChI=1S/C22H26F2N2O2/c1-15(2)17-9-7-16(8-10-17)13-26(18-11-12-18)14-21(27)25-19-5-3-4-6-20(19)28-22(23)24/h3-10,15,18,22H,11-14H2,1-2H3,(H,25,27). The van der Waals surface area contributed by atoms with Gasteiger partial charge in [0.05, 0.1) is 12.2 Å². The lowest BCUT2D eigenvalue weighted by Crippen LogP contribution is -2.34. The highest BCUT2D eigenvalue weighted by Crippen LogP contribution is 2.29. The zero-order valence-electron chi connectivity index (χ0n) is 16.2. The molecule has 6 heteroatoms. The zero-order chi connectivity index (χ0) is 20.1. The van der Waals surface area contributed by atoms with Gasteiger partial charge in [-0.2, -0.15) is 8.78 Å². The van der Waals surface area contributed by atoms with E-state index < -0.39 is 6.61 Å². The molecule has 0 radical (unpaired) electrons. The maximum Gasteiger partial charge on any atom is 0.387 e. The minimum Gasteiger partial charge on any atom is -0.433 e. The van der Waals surface area contributed by atoms with Crippen LogP contribution in [-0.2, 0) is 11.3 Å². The number of carbonyl (C=O) groups excluding carboxylic acids is 1. The number of hydrogen-bond acceptors (Lipinski definition) is 3. The number of para-hydroxylation sites is 2. The van der Waals surface area contributed by atoms with Gasteiger partial charge in [0.15, 0.2) is 0 Å². The number of anilines is 1. The molecule has 0 aromatic heterocycles. The highest BCUT2D eigenvalue weighted by atomic mass is 19.3. The van der Waals surface area contributed by atoms with E-state index >= 15 is 0 Å². The minimum atomic E-state index is -2.94. The highest BCUT2D eigenvalue weighted by Gasteiger charge is 2.30. The molecule has 1 saturated carbocycles. The number of nitrogens with one attached hydrogen (secondary N) is 1. The van der Waals surface area contributed by atoms with Crippen molar-refractivity contribution in [3.63, 3.8) is 0 Å². The maximum absolute atomic E-state index is 12.5. The van der Waals surface area contributed by atoms with Gasteiger partial charge in [-0.05, 0) is 42.0 Å². The number of amides is 1. The molecular formula is C22H26F2N2O2. The fourth-order valence-corrected chi connectivity index (χ4v) is 3.14. The van der Waals surface area contributed by atoms with Crippen LogP contribution in [-0.4, -0.2) is 30.0 Å². The van der Waals surface area contributed by atoms with E-state index in [-0.39, 0.29) is 23.9 Å². The third-order valence-corrected chi connectivity index (χ3v) is 4.82. The second kappa shape index (κ2) is 9.15. The molecule has 1 aliphatic carbocycles. The van der Waals surface area contributed by atoms with Crippen LogP contribution in [0, 0.1) is 0 Å². The van der Waals surface area contributed by atoms with Crippen molar-refractivity contribution in [3.8, 4) is 5.75 Å². The molecule has 1 fully saturated rings. The van der Waals surface area contributed by atoms with E-state index in [1.807, 2.05) is 0 Å². The van der Waals surface area contributed by atoms with Gasteiger partial charge in [0.25, 0.3) is 0 Å². The quantitative estimate of drug-likeness (QED) is 0.656. The molecule has 150 valence electrons. The van der Waals surface area contributed by atoms with Crippen molar-refractivity contribution in [2.24, 2.45) is 0 Å². The molecule has 0 bridgehead atoms. The summed E-state index contributed by atoms with van der Waals surface area (Å²) in [5, 5.41) is 2.70. The van der Waals surface area contributed by atoms with Crippen molar-refractivity contribution in [1.82, 2.24) is 4.90 Å². The first-order chi connectivity index (χ1) is 13.4. The van der Waals surface area contributed by atoms with Gasteiger partial charge in [0, 0.05) is 12.6 Å². The van der Waals surface area contributed by atoms with Gasteiger partial charge in [0.2, 0.25) is 5.91 Å².